The van der Waals surface area contributed by atoms with Gasteiger partial charge < -0.3 is 33.8 Å². The van der Waals surface area contributed by atoms with Crippen LogP contribution in [0.25, 0.3) is 0 Å². The summed E-state index contributed by atoms with van der Waals surface area (Å²) in [5, 5.41) is 10.6. The number of hydrogen-bond donors (Lipinski definition) is 3. The molecule has 96 heavy (non-hydrogen) atoms. The Morgan fingerprint density at radius 1 is 0.302 bits per heavy atom. The number of carbonyl (C=O) groups is 4. The zero-order valence-corrected chi connectivity index (χ0v) is 64.6. The molecule has 3 unspecified atom stereocenters. The molecule has 0 aromatic carbocycles. The molecule has 0 bridgehead atoms. The van der Waals surface area contributed by atoms with Gasteiger partial charge in [-0.25, -0.2) is 9.13 Å². The van der Waals surface area contributed by atoms with Gasteiger partial charge in [-0.2, -0.15) is 0 Å². The maximum absolute atomic E-state index is 13.1. The second-order valence-corrected chi connectivity index (χ2v) is 31.8. The summed E-state index contributed by atoms with van der Waals surface area (Å²) in [7, 11) is -9.91. The van der Waals surface area contributed by atoms with Gasteiger partial charge in [-0.3, -0.25) is 37.3 Å². The van der Waals surface area contributed by atoms with Gasteiger partial charge in [0.15, 0.2) is 12.2 Å². The zero-order valence-electron chi connectivity index (χ0n) is 62.8. The lowest BCUT2D eigenvalue weighted by Gasteiger charge is -2.21. The first-order chi connectivity index (χ1) is 46.3. The molecule has 0 rings (SSSR count). The second-order valence-electron chi connectivity index (χ2n) is 28.9. The molecule has 0 spiro atoms. The molecule has 0 fully saturated rings. The fourth-order valence-corrected chi connectivity index (χ4v) is 13.3. The molecule has 17 nitrogen and oxygen atoms in total. The number of rotatable bonds is 75. The van der Waals surface area contributed by atoms with Crippen molar-refractivity contribution in [1.82, 2.24) is 0 Å². The van der Waals surface area contributed by atoms with Crippen molar-refractivity contribution in [1.29, 1.82) is 0 Å². The van der Waals surface area contributed by atoms with E-state index in [0.29, 0.717) is 25.7 Å². The number of phosphoric acid groups is 2. The Morgan fingerprint density at radius 3 is 0.792 bits per heavy atom. The van der Waals surface area contributed by atoms with Crippen molar-refractivity contribution in [3.8, 4) is 0 Å². The molecule has 3 N–H and O–H groups in total. The van der Waals surface area contributed by atoms with Gasteiger partial charge in [-0.1, -0.05) is 344 Å². The van der Waals surface area contributed by atoms with Crippen molar-refractivity contribution in [3.05, 3.63) is 0 Å². The highest BCUT2D eigenvalue weighted by Crippen LogP contribution is 2.45. The summed E-state index contributed by atoms with van der Waals surface area (Å²) < 4.78 is 68.6. The molecule has 0 amide bonds. The van der Waals surface area contributed by atoms with Crippen molar-refractivity contribution in [3.63, 3.8) is 0 Å². The van der Waals surface area contributed by atoms with Gasteiger partial charge in [-0.15, -0.1) is 0 Å². The summed E-state index contributed by atoms with van der Waals surface area (Å²) >= 11 is 0. The summed E-state index contributed by atoms with van der Waals surface area (Å²) in [6, 6.07) is 0. The molecule has 0 aliphatic rings. The third-order valence-corrected chi connectivity index (χ3v) is 20.1. The van der Waals surface area contributed by atoms with Gasteiger partial charge in [0.1, 0.15) is 19.3 Å². The molecule has 0 saturated carbocycles. The molecule has 0 aromatic rings. The molecule has 0 heterocycles. The molecule has 0 aromatic heterocycles. The minimum absolute atomic E-state index is 0.105. The third kappa shape index (κ3) is 69.2. The predicted octanol–water partition coefficient (Wildman–Crippen LogP) is 22.6. The summed E-state index contributed by atoms with van der Waals surface area (Å²) in [6.45, 7) is 11.9. The molecular weight excluding hydrogens is 1260 g/mol. The van der Waals surface area contributed by atoms with E-state index in [-0.39, 0.29) is 25.7 Å². The molecule has 0 saturated heterocycles. The van der Waals surface area contributed by atoms with Crippen LogP contribution in [-0.4, -0.2) is 96.7 Å². The highest BCUT2D eigenvalue weighted by atomic mass is 31.2. The Morgan fingerprint density at radius 2 is 0.531 bits per heavy atom. The van der Waals surface area contributed by atoms with Crippen LogP contribution in [0.2, 0.25) is 0 Å². The van der Waals surface area contributed by atoms with Gasteiger partial charge in [0.05, 0.1) is 26.4 Å². The smallest absolute Gasteiger partial charge is 0.462 e. The summed E-state index contributed by atoms with van der Waals surface area (Å²) in [5.41, 5.74) is 0. The quantitative estimate of drug-likeness (QED) is 0.0222. The Bertz CT molecular complexity index is 1870. The SMILES string of the molecule is CCCCCCCCCCCCCC(=O)OC[C@H](COP(=O)(O)OC[C@H](O)COP(=O)(O)OC[C@@H](COC(=O)CCCCCCCCCCCCCCC(C)C)OC(=O)CCCCCCCCCCCCCCCCCC(C)C)OC(=O)CCCCCCCCCCC(C)CC. The van der Waals surface area contributed by atoms with E-state index in [9.17, 15) is 43.2 Å². The number of aliphatic hydroxyl groups is 1. The van der Waals surface area contributed by atoms with E-state index in [1.807, 2.05) is 0 Å². The van der Waals surface area contributed by atoms with Crippen molar-refractivity contribution >= 4 is 39.5 Å². The third-order valence-electron chi connectivity index (χ3n) is 18.2. The fraction of sp³-hybridized carbons (Fsp3) is 0.948. The van der Waals surface area contributed by atoms with Crippen molar-refractivity contribution < 1.29 is 80.2 Å². The molecule has 570 valence electrons. The molecule has 0 aliphatic carbocycles. The van der Waals surface area contributed by atoms with Gasteiger partial charge >= 0.3 is 39.5 Å². The highest BCUT2D eigenvalue weighted by Gasteiger charge is 2.30. The molecule has 6 atom stereocenters. The van der Waals surface area contributed by atoms with Gasteiger partial charge in [0.25, 0.3) is 0 Å². The summed E-state index contributed by atoms with van der Waals surface area (Å²) in [6.07, 6.45) is 54.0. The predicted molar refractivity (Wildman–Crippen MR) is 391 cm³/mol. The van der Waals surface area contributed by atoms with E-state index in [2.05, 4.69) is 48.5 Å². The van der Waals surface area contributed by atoms with Crippen LogP contribution in [0.15, 0.2) is 0 Å². The fourth-order valence-electron chi connectivity index (χ4n) is 11.7. The van der Waals surface area contributed by atoms with Gasteiger partial charge in [0, 0.05) is 25.7 Å². The maximum atomic E-state index is 13.1. The lowest BCUT2D eigenvalue weighted by molar-refractivity contribution is -0.161. The Labute approximate surface area is 588 Å². The van der Waals surface area contributed by atoms with E-state index in [4.69, 9.17) is 37.0 Å². The van der Waals surface area contributed by atoms with E-state index in [1.165, 1.54) is 205 Å². The minimum Gasteiger partial charge on any atom is -0.462 e. The average molecular weight is 1410 g/mol. The first-order valence-electron chi connectivity index (χ1n) is 39.9. The Balaban J connectivity index is 5.25. The molecule has 0 radical (unpaired) electrons. The van der Waals surface area contributed by atoms with Crippen LogP contribution in [-0.2, 0) is 65.4 Å². The average Bonchev–Trinajstić information content (AvgIpc) is 2.75. The second kappa shape index (κ2) is 67.5. The minimum atomic E-state index is -4.96. The number of ether oxygens (including phenoxy) is 4. The van der Waals surface area contributed by atoms with Crippen LogP contribution in [0.5, 0.6) is 0 Å². The lowest BCUT2D eigenvalue weighted by atomic mass is 9.99. The number of phosphoric ester groups is 2. The monoisotopic (exact) mass is 1410 g/mol. The summed E-state index contributed by atoms with van der Waals surface area (Å²) in [5.74, 6) is 0.238. The zero-order chi connectivity index (χ0) is 70.9. The normalized spacial score (nSPS) is 14.3. The van der Waals surface area contributed by atoms with Crippen LogP contribution in [0, 0.1) is 17.8 Å². The van der Waals surface area contributed by atoms with Gasteiger partial charge in [-0.05, 0) is 43.4 Å². The first kappa shape index (κ1) is 94.1. The summed E-state index contributed by atoms with van der Waals surface area (Å²) in [4.78, 5) is 72.9. The highest BCUT2D eigenvalue weighted by molar-refractivity contribution is 7.47. The van der Waals surface area contributed by atoms with E-state index in [1.54, 1.807) is 0 Å². The molecule has 19 heteroatoms. The maximum Gasteiger partial charge on any atom is 0.472 e. The standard InChI is InChI=1S/C77H150O17P2/c1-8-10-11-12-13-14-22-29-37-44-51-58-74(79)87-65-73(94-77(82)61-54-47-40-33-32-36-43-50-57-70(7)9-2)67-92-96(85,86)90-63-71(78)62-89-95(83,84)91-66-72(64-88-75(80)59-52-45-38-30-25-21-20-24-28-35-42-49-56-69(5)6)93-76(81)60-53-46-39-31-26-19-17-15-16-18-23-27-34-41-48-55-68(3)4/h68-73,78H,8-67H2,1-7H3,(H,83,84)(H,85,86)/t70?,71-,72-,73-/m1/s1. The largest absolute Gasteiger partial charge is 0.472 e. The number of carbonyl (C=O) groups excluding carboxylic acids is 4. The van der Waals surface area contributed by atoms with Crippen molar-refractivity contribution in [2.24, 2.45) is 17.8 Å². The Kier molecular flexibility index (Phi) is 66.2. The molecule has 0 aliphatic heterocycles. The van der Waals surface area contributed by atoms with E-state index in [0.717, 1.165) is 108 Å². The Hall–Kier alpha value is -1.94. The molecular formula is C77H150O17P2. The topological polar surface area (TPSA) is 237 Å². The number of unbranched alkanes of at least 4 members (excludes halogenated alkanes) is 42. The number of esters is 4. The van der Waals surface area contributed by atoms with Crippen LogP contribution in [0.4, 0.5) is 0 Å². The van der Waals surface area contributed by atoms with Crippen LogP contribution in [0.3, 0.4) is 0 Å². The van der Waals surface area contributed by atoms with Crippen LogP contribution in [0.1, 0.15) is 395 Å². The van der Waals surface area contributed by atoms with Crippen molar-refractivity contribution in [2.75, 3.05) is 39.6 Å². The van der Waals surface area contributed by atoms with Crippen LogP contribution < -0.4 is 0 Å². The van der Waals surface area contributed by atoms with Crippen LogP contribution >= 0.6 is 15.6 Å². The van der Waals surface area contributed by atoms with E-state index < -0.39 is 97.5 Å². The number of hydrogen-bond acceptors (Lipinski definition) is 15. The van der Waals surface area contributed by atoms with E-state index >= 15 is 0 Å². The first-order valence-corrected chi connectivity index (χ1v) is 42.9. The van der Waals surface area contributed by atoms with Crippen molar-refractivity contribution in [2.45, 2.75) is 414 Å². The number of aliphatic hydroxyl groups excluding tert-OH is 1. The lowest BCUT2D eigenvalue weighted by Crippen LogP contribution is -2.30. The van der Waals surface area contributed by atoms with Gasteiger partial charge in [0.2, 0.25) is 0 Å².